The molecule has 0 saturated heterocycles. The highest BCUT2D eigenvalue weighted by atomic mass is 16.5. The first-order chi connectivity index (χ1) is 9.67. The first-order valence-electron chi connectivity index (χ1n) is 7.00. The molecule has 1 aromatic carbocycles. The Hall–Kier alpha value is -1.84. The van der Waals surface area contributed by atoms with Gasteiger partial charge in [-0.1, -0.05) is 19.8 Å². The molecule has 20 heavy (non-hydrogen) atoms. The minimum absolute atomic E-state index is 0.0621. The van der Waals surface area contributed by atoms with Crippen molar-refractivity contribution >= 4 is 11.8 Å². The molecular weight excluding hydrogens is 256 g/mol. The predicted molar refractivity (Wildman–Crippen MR) is 77.0 cm³/mol. The van der Waals surface area contributed by atoms with E-state index in [1.54, 1.807) is 24.3 Å². The first-order valence-corrected chi connectivity index (χ1v) is 7.00. The van der Waals surface area contributed by atoms with Crippen LogP contribution in [0.15, 0.2) is 24.3 Å². The Kier molecular flexibility index (Phi) is 7.40. The molecule has 0 bridgehead atoms. The van der Waals surface area contributed by atoms with Gasteiger partial charge in [0.2, 0.25) is 0 Å². The van der Waals surface area contributed by atoms with Gasteiger partial charge in [0.05, 0.1) is 20.1 Å². The van der Waals surface area contributed by atoms with Crippen LogP contribution in [-0.4, -0.2) is 25.5 Å². The second-order valence-electron chi connectivity index (χ2n) is 4.58. The Balaban J connectivity index is 2.41. The van der Waals surface area contributed by atoms with Crippen LogP contribution in [0.5, 0.6) is 5.75 Å². The van der Waals surface area contributed by atoms with Crippen LogP contribution in [0.2, 0.25) is 0 Å². The maximum Gasteiger partial charge on any atom is 0.305 e. The van der Waals surface area contributed by atoms with Crippen molar-refractivity contribution in [2.45, 2.75) is 39.0 Å². The van der Waals surface area contributed by atoms with Crippen LogP contribution in [0.4, 0.5) is 0 Å². The lowest BCUT2D eigenvalue weighted by Crippen LogP contribution is -2.06. The standard InChI is InChI=1S/C16H22O4/c1-3-4-5-12-20-14-8-6-13(7-9-14)15(17)10-11-16(18)19-2/h6-9H,3-5,10-12H2,1-2H3. The summed E-state index contributed by atoms with van der Waals surface area (Å²) < 4.78 is 10.1. The average molecular weight is 278 g/mol. The molecule has 0 aliphatic rings. The summed E-state index contributed by atoms with van der Waals surface area (Å²) in [7, 11) is 1.32. The zero-order valence-electron chi connectivity index (χ0n) is 12.2. The zero-order valence-corrected chi connectivity index (χ0v) is 12.2. The summed E-state index contributed by atoms with van der Waals surface area (Å²) in [4.78, 5) is 22.8. The molecule has 0 atom stereocenters. The van der Waals surface area contributed by atoms with Crippen LogP contribution >= 0.6 is 0 Å². The number of ketones is 1. The van der Waals surface area contributed by atoms with Crippen molar-refractivity contribution in [1.29, 1.82) is 0 Å². The van der Waals surface area contributed by atoms with Gasteiger partial charge in [-0.05, 0) is 30.7 Å². The number of hydrogen-bond acceptors (Lipinski definition) is 4. The number of ether oxygens (including phenoxy) is 2. The van der Waals surface area contributed by atoms with Gasteiger partial charge in [0.25, 0.3) is 0 Å². The number of esters is 1. The maximum absolute atomic E-state index is 11.8. The monoisotopic (exact) mass is 278 g/mol. The molecule has 0 N–H and O–H groups in total. The first kappa shape index (κ1) is 16.2. The van der Waals surface area contributed by atoms with Crippen molar-refractivity contribution in [1.82, 2.24) is 0 Å². The molecule has 0 heterocycles. The summed E-state index contributed by atoms with van der Waals surface area (Å²) in [6, 6.07) is 7.04. The number of hydrogen-bond donors (Lipinski definition) is 0. The van der Waals surface area contributed by atoms with Gasteiger partial charge in [0.15, 0.2) is 5.78 Å². The van der Waals surface area contributed by atoms with Crippen LogP contribution in [-0.2, 0) is 9.53 Å². The van der Waals surface area contributed by atoms with E-state index in [4.69, 9.17) is 4.74 Å². The summed E-state index contributed by atoms with van der Waals surface area (Å²) in [5.41, 5.74) is 0.592. The molecule has 1 rings (SSSR count). The lowest BCUT2D eigenvalue weighted by molar-refractivity contribution is -0.140. The van der Waals surface area contributed by atoms with Gasteiger partial charge in [-0.15, -0.1) is 0 Å². The SMILES string of the molecule is CCCCCOc1ccc(C(=O)CCC(=O)OC)cc1. The Labute approximate surface area is 120 Å². The molecule has 4 heteroatoms. The van der Waals surface area contributed by atoms with E-state index in [1.165, 1.54) is 7.11 Å². The molecule has 0 fully saturated rings. The fourth-order valence-corrected chi connectivity index (χ4v) is 1.74. The van der Waals surface area contributed by atoms with Crippen LogP contribution in [0.3, 0.4) is 0 Å². The highest BCUT2D eigenvalue weighted by molar-refractivity contribution is 5.97. The number of rotatable bonds is 9. The van der Waals surface area contributed by atoms with Gasteiger partial charge < -0.3 is 9.47 Å². The Morgan fingerprint density at radius 3 is 2.35 bits per heavy atom. The van der Waals surface area contributed by atoms with Crippen LogP contribution < -0.4 is 4.74 Å². The third-order valence-electron chi connectivity index (χ3n) is 2.98. The topological polar surface area (TPSA) is 52.6 Å². The van der Waals surface area contributed by atoms with Crippen LogP contribution in [0.1, 0.15) is 49.4 Å². The molecule has 0 aliphatic heterocycles. The molecule has 0 radical (unpaired) electrons. The van der Waals surface area contributed by atoms with Crippen molar-refractivity contribution < 1.29 is 19.1 Å². The number of carbonyl (C=O) groups excluding carboxylic acids is 2. The normalized spacial score (nSPS) is 10.1. The second-order valence-corrected chi connectivity index (χ2v) is 4.58. The maximum atomic E-state index is 11.8. The smallest absolute Gasteiger partial charge is 0.305 e. The Bertz CT molecular complexity index is 423. The van der Waals surface area contributed by atoms with Gasteiger partial charge in [0.1, 0.15) is 5.75 Å². The molecule has 0 amide bonds. The van der Waals surface area contributed by atoms with E-state index in [9.17, 15) is 9.59 Å². The van der Waals surface area contributed by atoms with E-state index in [1.807, 2.05) is 0 Å². The fourth-order valence-electron chi connectivity index (χ4n) is 1.74. The van der Waals surface area contributed by atoms with E-state index < -0.39 is 0 Å². The minimum Gasteiger partial charge on any atom is -0.494 e. The van der Waals surface area contributed by atoms with Crippen LogP contribution in [0, 0.1) is 0 Å². The number of unbranched alkanes of at least 4 members (excludes halogenated alkanes) is 2. The number of carbonyl (C=O) groups is 2. The third-order valence-corrected chi connectivity index (χ3v) is 2.98. The van der Waals surface area contributed by atoms with E-state index in [2.05, 4.69) is 11.7 Å². The van der Waals surface area contributed by atoms with E-state index in [-0.39, 0.29) is 24.6 Å². The molecular formula is C16H22O4. The summed E-state index contributed by atoms with van der Waals surface area (Å²) in [5, 5.41) is 0. The van der Waals surface area contributed by atoms with Crippen molar-refractivity contribution in [2.24, 2.45) is 0 Å². The highest BCUT2D eigenvalue weighted by Crippen LogP contribution is 2.14. The van der Waals surface area contributed by atoms with Crippen molar-refractivity contribution in [3.63, 3.8) is 0 Å². The number of methoxy groups -OCH3 is 1. The van der Waals surface area contributed by atoms with Crippen molar-refractivity contribution in [2.75, 3.05) is 13.7 Å². The predicted octanol–water partition coefficient (Wildman–Crippen LogP) is 3.39. The lowest BCUT2D eigenvalue weighted by atomic mass is 10.1. The lowest BCUT2D eigenvalue weighted by Gasteiger charge is -2.06. The molecule has 0 unspecified atom stereocenters. The summed E-state index contributed by atoms with van der Waals surface area (Å²) in [5.74, 6) is 0.341. The molecule has 0 saturated carbocycles. The van der Waals surface area contributed by atoms with Gasteiger partial charge in [-0.25, -0.2) is 0 Å². The van der Waals surface area contributed by atoms with E-state index in [0.29, 0.717) is 12.2 Å². The molecule has 0 spiro atoms. The summed E-state index contributed by atoms with van der Waals surface area (Å²) >= 11 is 0. The van der Waals surface area contributed by atoms with Gasteiger partial charge >= 0.3 is 5.97 Å². The quantitative estimate of drug-likeness (QED) is 0.395. The van der Waals surface area contributed by atoms with E-state index >= 15 is 0 Å². The summed E-state index contributed by atoms with van der Waals surface area (Å²) in [6.07, 6.45) is 3.64. The van der Waals surface area contributed by atoms with Crippen LogP contribution in [0.25, 0.3) is 0 Å². The fraction of sp³-hybridized carbons (Fsp3) is 0.500. The van der Waals surface area contributed by atoms with Crippen molar-refractivity contribution in [3.8, 4) is 5.75 Å². The van der Waals surface area contributed by atoms with Gasteiger partial charge in [0, 0.05) is 12.0 Å². The molecule has 0 aromatic heterocycles. The van der Waals surface area contributed by atoms with Gasteiger partial charge in [-0.2, -0.15) is 0 Å². The number of benzene rings is 1. The number of Topliss-reactive ketones (excluding diaryl/α,β-unsaturated/α-hetero) is 1. The van der Waals surface area contributed by atoms with E-state index in [0.717, 1.165) is 25.0 Å². The third kappa shape index (κ3) is 5.87. The summed E-state index contributed by atoms with van der Waals surface area (Å²) in [6.45, 7) is 2.85. The minimum atomic E-state index is -0.366. The Morgan fingerprint density at radius 2 is 1.75 bits per heavy atom. The Morgan fingerprint density at radius 1 is 1.05 bits per heavy atom. The largest absolute Gasteiger partial charge is 0.494 e. The zero-order chi connectivity index (χ0) is 14.8. The van der Waals surface area contributed by atoms with Crippen molar-refractivity contribution in [3.05, 3.63) is 29.8 Å². The molecule has 0 aliphatic carbocycles. The highest BCUT2D eigenvalue weighted by Gasteiger charge is 2.09. The second kappa shape index (κ2) is 9.13. The molecule has 110 valence electrons. The molecule has 4 nitrogen and oxygen atoms in total. The molecule has 1 aromatic rings. The van der Waals surface area contributed by atoms with Gasteiger partial charge in [-0.3, -0.25) is 9.59 Å². The average Bonchev–Trinajstić information content (AvgIpc) is 2.49.